The fourth-order valence-corrected chi connectivity index (χ4v) is 2.04. The van der Waals surface area contributed by atoms with E-state index >= 15 is 0 Å². The Hall–Kier alpha value is -2.00. The molecule has 2 N–H and O–H groups in total. The normalized spacial score (nSPS) is 11.8. The predicted molar refractivity (Wildman–Crippen MR) is 76.8 cm³/mol. The van der Waals surface area contributed by atoms with E-state index in [0.717, 1.165) is 11.3 Å². The molecular weight excluding hydrogens is 262 g/mol. The molecule has 1 unspecified atom stereocenters. The first-order valence-electron chi connectivity index (χ1n) is 5.94. The van der Waals surface area contributed by atoms with Crippen LogP contribution in [0.1, 0.15) is 11.5 Å². The average Bonchev–Trinajstić information content (AvgIpc) is 2.40. The molecule has 0 aliphatic rings. The maximum Gasteiger partial charge on any atom is 0.312 e. The molecule has 4 heteroatoms. The highest BCUT2D eigenvalue weighted by Crippen LogP contribution is 2.19. The van der Waals surface area contributed by atoms with Crippen LogP contribution in [0.3, 0.4) is 0 Å². The number of benzene rings is 2. The van der Waals surface area contributed by atoms with E-state index in [1.54, 1.807) is 12.1 Å². The third kappa shape index (κ3) is 3.73. The summed E-state index contributed by atoms with van der Waals surface area (Å²) in [5, 5.41) is 13.0. The van der Waals surface area contributed by atoms with E-state index in [4.69, 9.17) is 11.6 Å². The monoisotopic (exact) mass is 275 g/mol. The zero-order valence-corrected chi connectivity index (χ0v) is 11.0. The minimum absolute atomic E-state index is 0.319. The van der Waals surface area contributed by atoms with Crippen LogP contribution >= 0.6 is 11.6 Å². The molecule has 0 aliphatic carbocycles. The molecule has 19 heavy (non-hydrogen) atoms. The molecule has 2 rings (SSSR count). The highest BCUT2D eigenvalue weighted by molar-refractivity contribution is 6.30. The molecule has 0 fully saturated rings. The Kier molecular flexibility index (Phi) is 4.42. The number of aliphatic carboxylic acids is 1. The summed E-state index contributed by atoms with van der Waals surface area (Å²) in [7, 11) is 0. The SMILES string of the molecule is O=C(O)C(CNc1cccc(Cl)c1)c1ccccc1. The van der Waals surface area contributed by atoms with Gasteiger partial charge in [0.05, 0.1) is 5.92 Å². The summed E-state index contributed by atoms with van der Waals surface area (Å²) >= 11 is 5.88. The summed E-state index contributed by atoms with van der Waals surface area (Å²) in [4.78, 5) is 11.3. The fourth-order valence-electron chi connectivity index (χ4n) is 1.85. The fraction of sp³-hybridized carbons (Fsp3) is 0.133. The highest BCUT2D eigenvalue weighted by Gasteiger charge is 2.19. The average molecular weight is 276 g/mol. The van der Waals surface area contributed by atoms with Gasteiger partial charge in [-0.1, -0.05) is 48.0 Å². The lowest BCUT2D eigenvalue weighted by Gasteiger charge is -2.14. The number of carboxylic acid groups (broad SMARTS) is 1. The molecule has 0 aromatic heterocycles. The molecule has 0 aliphatic heterocycles. The molecular formula is C15H14ClNO2. The van der Waals surface area contributed by atoms with Crippen molar-refractivity contribution in [2.24, 2.45) is 0 Å². The molecule has 98 valence electrons. The zero-order chi connectivity index (χ0) is 13.7. The first-order valence-corrected chi connectivity index (χ1v) is 6.32. The van der Waals surface area contributed by atoms with E-state index in [-0.39, 0.29) is 0 Å². The summed E-state index contributed by atoms with van der Waals surface area (Å²) < 4.78 is 0. The van der Waals surface area contributed by atoms with Crippen molar-refractivity contribution in [3.63, 3.8) is 0 Å². The van der Waals surface area contributed by atoms with Gasteiger partial charge in [-0.2, -0.15) is 0 Å². The molecule has 0 bridgehead atoms. The standard InChI is InChI=1S/C15H14ClNO2/c16-12-7-4-8-13(9-12)17-10-14(15(18)19)11-5-2-1-3-6-11/h1-9,14,17H,10H2,(H,18,19). The van der Waals surface area contributed by atoms with Crippen molar-refractivity contribution in [3.05, 3.63) is 65.2 Å². The van der Waals surface area contributed by atoms with Gasteiger partial charge in [0.25, 0.3) is 0 Å². The second-order valence-corrected chi connectivity index (χ2v) is 4.63. The van der Waals surface area contributed by atoms with Gasteiger partial charge in [-0.25, -0.2) is 0 Å². The number of nitrogens with one attached hydrogen (secondary N) is 1. The van der Waals surface area contributed by atoms with Crippen LogP contribution in [0.2, 0.25) is 5.02 Å². The van der Waals surface area contributed by atoms with Crippen molar-refractivity contribution in [1.29, 1.82) is 0 Å². The van der Waals surface area contributed by atoms with Gasteiger partial charge < -0.3 is 10.4 Å². The predicted octanol–water partition coefficient (Wildman–Crippen LogP) is 3.62. The maximum absolute atomic E-state index is 11.3. The van der Waals surface area contributed by atoms with Gasteiger partial charge in [-0.05, 0) is 23.8 Å². The van der Waals surface area contributed by atoms with Gasteiger partial charge in [-0.3, -0.25) is 4.79 Å². The summed E-state index contributed by atoms with van der Waals surface area (Å²) in [5.41, 5.74) is 1.60. The summed E-state index contributed by atoms with van der Waals surface area (Å²) in [6.07, 6.45) is 0. The van der Waals surface area contributed by atoms with Gasteiger partial charge >= 0.3 is 5.97 Å². The number of rotatable bonds is 5. The second kappa shape index (κ2) is 6.25. The van der Waals surface area contributed by atoms with Crippen LogP contribution in [-0.4, -0.2) is 17.6 Å². The Labute approximate surface area is 116 Å². The second-order valence-electron chi connectivity index (χ2n) is 4.19. The Morgan fingerprint density at radius 1 is 1.16 bits per heavy atom. The number of hydrogen-bond acceptors (Lipinski definition) is 2. The van der Waals surface area contributed by atoms with Crippen molar-refractivity contribution in [2.45, 2.75) is 5.92 Å². The zero-order valence-electron chi connectivity index (χ0n) is 10.2. The number of hydrogen-bond donors (Lipinski definition) is 2. The number of halogens is 1. The molecule has 0 amide bonds. The van der Waals surface area contributed by atoms with Gasteiger partial charge in [-0.15, -0.1) is 0 Å². The molecule has 0 saturated carbocycles. The van der Waals surface area contributed by atoms with Crippen LogP contribution in [0.5, 0.6) is 0 Å². The van der Waals surface area contributed by atoms with Crippen LogP contribution < -0.4 is 5.32 Å². The Balaban J connectivity index is 2.08. The van der Waals surface area contributed by atoms with Crippen LogP contribution in [0.25, 0.3) is 0 Å². The van der Waals surface area contributed by atoms with Gasteiger partial charge in [0, 0.05) is 17.3 Å². The maximum atomic E-state index is 11.3. The Morgan fingerprint density at radius 2 is 1.89 bits per heavy atom. The van der Waals surface area contributed by atoms with Crippen molar-refractivity contribution >= 4 is 23.3 Å². The van der Waals surface area contributed by atoms with Crippen molar-refractivity contribution < 1.29 is 9.90 Å². The summed E-state index contributed by atoms with van der Waals surface area (Å²) in [5.74, 6) is -1.43. The molecule has 1 atom stereocenters. The lowest BCUT2D eigenvalue weighted by Crippen LogP contribution is -2.20. The molecule has 0 heterocycles. The van der Waals surface area contributed by atoms with E-state index in [0.29, 0.717) is 11.6 Å². The quantitative estimate of drug-likeness (QED) is 0.876. The third-order valence-electron chi connectivity index (χ3n) is 2.83. The van der Waals surface area contributed by atoms with Gasteiger partial charge in [0.2, 0.25) is 0 Å². The molecule has 0 spiro atoms. The Morgan fingerprint density at radius 3 is 2.53 bits per heavy atom. The topological polar surface area (TPSA) is 49.3 Å². The van der Waals surface area contributed by atoms with E-state index < -0.39 is 11.9 Å². The van der Waals surface area contributed by atoms with Crippen molar-refractivity contribution in [3.8, 4) is 0 Å². The summed E-state index contributed by atoms with van der Waals surface area (Å²) in [6, 6.07) is 16.4. The molecule has 3 nitrogen and oxygen atoms in total. The smallest absolute Gasteiger partial charge is 0.312 e. The van der Waals surface area contributed by atoms with Crippen molar-refractivity contribution in [2.75, 3.05) is 11.9 Å². The molecule has 0 saturated heterocycles. The van der Waals surface area contributed by atoms with Crippen LogP contribution in [-0.2, 0) is 4.79 Å². The minimum Gasteiger partial charge on any atom is -0.481 e. The van der Waals surface area contributed by atoms with Crippen LogP contribution in [0, 0.1) is 0 Å². The van der Waals surface area contributed by atoms with E-state index in [1.165, 1.54) is 0 Å². The Bertz CT molecular complexity index is 557. The largest absolute Gasteiger partial charge is 0.481 e. The van der Waals surface area contributed by atoms with E-state index in [2.05, 4.69) is 5.32 Å². The van der Waals surface area contributed by atoms with E-state index in [9.17, 15) is 9.90 Å². The van der Waals surface area contributed by atoms with Crippen LogP contribution in [0.15, 0.2) is 54.6 Å². The lowest BCUT2D eigenvalue weighted by molar-refractivity contribution is -0.138. The lowest BCUT2D eigenvalue weighted by atomic mass is 9.99. The number of carboxylic acids is 1. The van der Waals surface area contributed by atoms with Gasteiger partial charge in [0.15, 0.2) is 0 Å². The molecule has 0 radical (unpaired) electrons. The minimum atomic E-state index is -0.847. The number of carbonyl (C=O) groups is 1. The summed E-state index contributed by atoms with van der Waals surface area (Å²) in [6.45, 7) is 0.319. The first kappa shape index (κ1) is 13.4. The van der Waals surface area contributed by atoms with Crippen molar-refractivity contribution in [1.82, 2.24) is 0 Å². The first-order chi connectivity index (χ1) is 9.16. The third-order valence-corrected chi connectivity index (χ3v) is 3.07. The van der Waals surface area contributed by atoms with Gasteiger partial charge in [0.1, 0.15) is 0 Å². The number of anilines is 1. The van der Waals surface area contributed by atoms with E-state index in [1.807, 2.05) is 42.5 Å². The van der Waals surface area contributed by atoms with Crippen LogP contribution in [0.4, 0.5) is 5.69 Å². The molecule has 2 aromatic rings. The highest BCUT2D eigenvalue weighted by atomic mass is 35.5. The molecule has 2 aromatic carbocycles.